The summed E-state index contributed by atoms with van der Waals surface area (Å²) in [6, 6.07) is 13.8. The summed E-state index contributed by atoms with van der Waals surface area (Å²) in [6.07, 6.45) is 0.303. The van der Waals surface area contributed by atoms with Gasteiger partial charge in [0.05, 0.1) is 13.2 Å². The van der Waals surface area contributed by atoms with E-state index in [-0.39, 0.29) is 0 Å². The van der Waals surface area contributed by atoms with Crippen LogP contribution in [0.3, 0.4) is 0 Å². The molecule has 1 heterocycles. The molecule has 3 rings (SSSR count). The predicted octanol–water partition coefficient (Wildman–Crippen LogP) is 3.60. The van der Waals surface area contributed by atoms with Crippen molar-refractivity contribution in [2.45, 2.75) is 19.1 Å². The average molecular weight is 319 g/mol. The fraction of sp³-hybridized carbons (Fsp3) is 0.250. The molecule has 2 nitrogen and oxygen atoms in total. The molecule has 1 aliphatic heterocycles. The van der Waals surface area contributed by atoms with Gasteiger partial charge in [-0.15, -0.1) is 0 Å². The molecule has 98 valence electrons. The Morgan fingerprint density at radius 1 is 1.16 bits per heavy atom. The first kappa shape index (κ1) is 12.9. The third kappa shape index (κ3) is 2.59. The van der Waals surface area contributed by atoms with E-state index >= 15 is 0 Å². The SMILES string of the molecule is OC(c1ccccc1)c1cc(Br)cc2c1COCC2. The average Bonchev–Trinajstić information content (AvgIpc) is 2.46. The Kier molecular flexibility index (Phi) is 3.69. The van der Waals surface area contributed by atoms with Crippen LogP contribution in [-0.4, -0.2) is 11.7 Å². The van der Waals surface area contributed by atoms with Crippen LogP contribution in [0, 0.1) is 0 Å². The molecule has 0 amide bonds. The van der Waals surface area contributed by atoms with E-state index in [2.05, 4.69) is 22.0 Å². The quantitative estimate of drug-likeness (QED) is 0.916. The smallest absolute Gasteiger partial charge is 0.104 e. The van der Waals surface area contributed by atoms with Crippen molar-refractivity contribution in [2.24, 2.45) is 0 Å². The largest absolute Gasteiger partial charge is 0.384 e. The first-order valence-corrected chi connectivity index (χ1v) is 7.17. The second kappa shape index (κ2) is 5.45. The Morgan fingerprint density at radius 3 is 2.74 bits per heavy atom. The van der Waals surface area contributed by atoms with Gasteiger partial charge in [0.25, 0.3) is 0 Å². The Morgan fingerprint density at radius 2 is 1.95 bits per heavy atom. The summed E-state index contributed by atoms with van der Waals surface area (Å²) in [5.74, 6) is 0. The standard InChI is InChI=1S/C16H15BrO2/c17-13-8-12-6-7-19-10-15(12)14(9-13)16(18)11-4-2-1-3-5-11/h1-5,8-9,16,18H,6-7,10H2. The highest BCUT2D eigenvalue weighted by Crippen LogP contribution is 2.32. The molecule has 0 saturated heterocycles. The predicted molar refractivity (Wildman–Crippen MR) is 78.0 cm³/mol. The molecule has 3 heteroatoms. The molecule has 1 atom stereocenters. The topological polar surface area (TPSA) is 29.5 Å². The lowest BCUT2D eigenvalue weighted by atomic mass is 9.92. The molecule has 2 aromatic carbocycles. The summed E-state index contributed by atoms with van der Waals surface area (Å²) in [6.45, 7) is 1.34. The Bertz CT molecular complexity index is 581. The van der Waals surface area contributed by atoms with Crippen LogP contribution >= 0.6 is 15.9 Å². The molecule has 1 N–H and O–H groups in total. The minimum atomic E-state index is -0.603. The third-order valence-corrected chi connectivity index (χ3v) is 3.97. The van der Waals surface area contributed by atoms with E-state index in [1.165, 1.54) is 5.56 Å². The molecule has 19 heavy (non-hydrogen) atoms. The Hall–Kier alpha value is -1.16. The summed E-state index contributed by atoms with van der Waals surface area (Å²) in [5.41, 5.74) is 4.25. The number of aliphatic hydroxyl groups is 1. The summed E-state index contributed by atoms with van der Waals surface area (Å²) in [4.78, 5) is 0. The van der Waals surface area contributed by atoms with E-state index < -0.39 is 6.10 Å². The lowest BCUT2D eigenvalue weighted by Crippen LogP contribution is -2.14. The lowest BCUT2D eigenvalue weighted by molar-refractivity contribution is 0.107. The zero-order valence-corrected chi connectivity index (χ0v) is 12.1. The van der Waals surface area contributed by atoms with Crippen LogP contribution in [0.5, 0.6) is 0 Å². The van der Waals surface area contributed by atoms with Gasteiger partial charge in [0.1, 0.15) is 6.10 Å². The van der Waals surface area contributed by atoms with E-state index in [0.717, 1.165) is 34.2 Å². The van der Waals surface area contributed by atoms with Crippen molar-refractivity contribution in [2.75, 3.05) is 6.61 Å². The molecule has 0 aliphatic carbocycles. The van der Waals surface area contributed by atoms with E-state index in [9.17, 15) is 5.11 Å². The first-order valence-electron chi connectivity index (χ1n) is 6.37. The molecule has 1 unspecified atom stereocenters. The van der Waals surface area contributed by atoms with Gasteiger partial charge >= 0.3 is 0 Å². The van der Waals surface area contributed by atoms with E-state index in [4.69, 9.17) is 4.74 Å². The fourth-order valence-corrected chi connectivity index (χ4v) is 3.05. The Labute approximate surface area is 121 Å². The molecular formula is C16H15BrO2. The summed E-state index contributed by atoms with van der Waals surface area (Å²) < 4.78 is 6.55. The van der Waals surface area contributed by atoms with Crippen LogP contribution in [0.1, 0.15) is 28.4 Å². The second-order valence-corrected chi connectivity index (χ2v) is 5.66. The number of fused-ring (bicyclic) bond motifs is 1. The summed E-state index contributed by atoms with van der Waals surface area (Å²) in [7, 11) is 0. The van der Waals surface area contributed by atoms with Gasteiger partial charge in [0.2, 0.25) is 0 Å². The number of hydrogen-bond donors (Lipinski definition) is 1. The van der Waals surface area contributed by atoms with Crippen LogP contribution < -0.4 is 0 Å². The van der Waals surface area contributed by atoms with Crippen molar-refractivity contribution in [1.82, 2.24) is 0 Å². The van der Waals surface area contributed by atoms with Gasteiger partial charge in [0.15, 0.2) is 0 Å². The van der Waals surface area contributed by atoms with Crippen LogP contribution in [0.15, 0.2) is 46.9 Å². The molecule has 0 saturated carbocycles. The van der Waals surface area contributed by atoms with Gasteiger partial charge in [0, 0.05) is 4.47 Å². The van der Waals surface area contributed by atoms with Gasteiger partial charge in [-0.3, -0.25) is 0 Å². The molecular weight excluding hydrogens is 304 g/mol. The first-order chi connectivity index (χ1) is 9.25. The molecule has 0 aromatic heterocycles. The van der Waals surface area contributed by atoms with Crippen molar-refractivity contribution in [3.05, 3.63) is 69.2 Å². The number of aliphatic hydroxyl groups excluding tert-OH is 1. The van der Waals surface area contributed by atoms with Gasteiger partial charge in [-0.2, -0.15) is 0 Å². The van der Waals surface area contributed by atoms with E-state index in [1.54, 1.807) is 0 Å². The molecule has 0 fully saturated rings. The van der Waals surface area contributed by atoms with Crippen LogP contribution in [0.25, 0.3) is 0 Å². The molecule has 2 aromatic rings. The summed E-state index contributed by atoms with van der Waals surface area (Å²) >= 11 is 3.53. The van der Waals surface area contributed by atoms with Crippen molar-refractivity contribution >= 4 is 15.9 Å². The highest BCUT2D eigenvalue weighted by atomic mass is 79.9. The summed E-state index contributed by atoms with van der Waals surface area (Å²) in [5, 5.41) is 10.6. The minimum absolute atomic E-state index is 0.585. The van der Waals surface area contributed by atoms with Crippen molar-refractivity contribution in [3.8, 4) is 0 Å². The second-order valence-electron chi connectivity index (χ2n) is 4.75. The van der Waals surface area contributed by atoms with Gasteiger partial charge in [-0.25, -0.2) is 0 Å². The fourth-order valence-electron chi connectivity index (χ4n) is 2.53. The highest BCUT2D eigenvalue weighted by molar-refractivity contribution is 9.10. The van der Waals surface area contributed by atoms with Gasteiger partial charge in [-0.05, 0) is 40.8 Å². The number of ether oxygens (including phenoxy) is 1. The van der Waals surface area contributed by atoms with Crippen molar-refractivity contribution in [3.63, 3.8) is 0 Å². The zero-order valence-electron chi connectivity index (χ0n) is 10.5. The van der Waals surface area contributed by atoms with Gasteiger partial charge in [-0.1, -0.05) is 46.3 Å². The van der Waals surface area contributed by atoms with Crippen LogP contribution in [0.2, 0.25) is 0 Å². The minimum Gasteiger partial charge on any atom is -0.384 e. The maximum Gasteiger partial charge on any atom is 0.104 e. The van der Waals surface area contributed by atoms with Crippen molar-refractivity contribution < 1.29 is 9.84 Å². The number of halogens is 1. The normalized spacial score (nSPS) is 15.9. The van der Waals surface area contributed by atoms with E-state index in [1.807, 2.05) is 36.4 Å². The Balaban J connectivity index is 2.07. The maximum atomic E-state index is 10.6. The molecule has 0 spiro atoms. The van der Waals surface area contributed by atoms with Crippen molar-refractivity contribution in [1.29, 1.82) is 0 Å². The lowest BCUT2D eigenvalue weighted by Gasteiger charge is -2.23. The molecule has 1 aliphatic rings. The zero-order chi connectivity index (χ0) is 13.2. The maximum absolute atomic E-state index is 10.6. The van der Waals surface area contributed by atoms with E-state index in [0.29, 0.717) is 6.61 Å². The monoisotopic (exact) mass is 318 g/mol. The number of benzene rings is 2. The van der Waals surface area contributed by atoms with Gasteiger partial charge < -0.3 is 9.84 Å². The third-order valence-electron chi connectivity index (χ3n) is 3.51. The molecule has 0 bridgehead atoms. The van der Waals surface area contributed by atoms with Crippen LogP contribution in [-0.2, 0) is 17.8 Å². The van der Waals surface area contributed by atoms with Crippen LogP contribution in [0.4, 0.5) is 0 Å². The molecule has 0 radical (unpaired) electrons. The number of hydrogen-bond acceptors (Lipinski definition) is 2. The highest BCUT2D eigenvalue weighted by Gasteiger charge is 2.20. The number of rotatable bonds is 2.